The molecule has 0 aliphatic carbocycles. The molecule has 2 aromatic carbocycles. The van der Waals surface area contributed by atoms with Gasteiger partial charge in [0.15, 0.2) is 0 Å². The summed E-state index contributed by atoms with van der Waals surface area (Å²) in [5.74, 6) is -0.702. The van der Waals surface area contributed by atoms with E-state index < -0.39 is 11.8 Å². The highest BCUT2D eigenvalue weighted by atomic mass is 19.1. The Morgan fingerprint density at radius 1 is 1.29 bits per heavy atom. The largest absolute Gasteiger partial charge is 0.462 e. The van der Waals surface area contributed by atoms with Crippen LogP contribution in [0.25, 0.3) is 22.0 Å². The van der Waals surface area contributed by atoms with Gasteiger partial charge in [0.1, 0.15) is 5.82 Å². The lowest BCUT2D eigenvalue weighted by atomic mass is 9.97. The van der Waals surface area contributed by atoms with Gasteiger partial charge in [0, 0.05) is 5.39 Å². The van der Waals surface area contributed by atoms with Gasteiger partial charge in [0.2, 0.25) is 0 Å². The van der Waals surface area contributed by atoms with E-state index in [-0.39, 0.29) is 11.5 Å². The van der Waals surface area contributed by atoms with Crippen LogP contribution < -0.4 is 0 Å². The molecule has 124 valence electrons. The summed E-state index contributed by atoms with van der Waals surface area (Å²) >= 11 is 0. The Hall–Kier alpha value is -2.69. The van der Waals surface area contributed by atoms with E-state index in [9.17, 15) is 9.18 Å². The summed E-state index contributed by atoms with van der Waals surface area (Å²) < 4.78 is 19.5. The number of aromatic nitrogens is 2. The van der Waals surface area contributed by atoms with Crippen molar-refractivity contribution in [3.63, 3.8) is 0 Å². The van der Waals surface area contributed by atoms with Crippen molar-refractivity contribution in [1.82, 2.24) is 10.2 Å². The van der Waals surface area contributed by atoms with Crippen LogP contribution in [0, 0.1) is 18.7 Å². The molecule has 0 saturated heterocycles. The topological polar surface area (TPSA) is 55.0 Å². The summed E-state index contributed by atoms with van der Waals surface area (Å²) in [6, 6.07) is 8.61. The minimum absolute atomic E-state index is 0.221. The van der Waals surface area contributed by atoms with Gasteiger partial charge < -0.3 is 4.74 Å². The molecular weight excluding hydrogens is 307 g/mol. The van der Waals surface area contributed by atoms with Crippen molar-refractivity contribution in [2.24, 2.45) is 5.92 Å². The van der Waals surface area contributed by atoms with Crippen LogP contribution in [0.15, 0.2) is 36.5 Å². The number of H-pyrrole nitrogens is 1. The van der Waals surface area contributed by atoms with Crippen LogP contribution in [0.1, 0.15) is 29.8 Å². The number of hydrogen-bond acceptors (Lipinski definition) is 3. The van der Waals surface area contributed by atoms with Crippen molar-refractivity contribution >= 4 is 16.9 Å². The standard InChI is InChI=1S/C19H19FN2O2/c1-11(2)10-24-19(23)15-6-16(12(3)17(20)7-15)13-4-5-14-9-21-22-18(14)8-13/h4-9,11H,10H2,1-3H3,(H,21,22). The number of esters is 1. The number of hydrogen-bond donors (Lipinski definition) is 1. The summed E-state index contributed by atoms with van der Waals surface area (Å²) in [6.45, 7) is 5.91. The van der Waals surface area contributed by atoms with Crippen molar-refractivity contribution < 1.29 is 13.9 Å². The molecule has 0 saturated carbocycles. The van der Waals surface area contributed by atoms with Crippen molar-refractivity contribution in [2.45, 2.75) is 20.8 Å². The van der Waals surface area contributed by atoms with Crippen LogP contribution in [-0.4, -0.2) is 22.8 Å². The van der Waals surface area contributed by atoms with E-state index in [4.69, 9.17) is 4.74 Å². The number of fused-ring (bicyclic) bond motifs is 1. The zero-order chi connectivity index (χ0) is 17.3. The quantitative estimate of drug-likeness (QED) is 0.719. The lowest BCUT2D eigenvalue weighted by molar-refractivity contribution is 0.0458. The van der Waals surface area contributed by atoms with Gasteiger partial charge >= 0.3 is 5.97 Å². The maximum Gasteiger partial charge on any atom is 0.338 e. The number of nitrogens with one attached hydrogen (secondary N) is 1. The van der Waals surface area contributed by atoms with Gasteiger partial charge in [-0.05, 0) is 47.7 Å². The van der Waals surface area contributed by atoms with Crippen molar-refractivity contribution in [3.05, 3.63) is 53.5 Å². The average Bonchev–Trinajstić information content (AvgIpc) is 3.02. The van der Waals surface area contributed by atoms with E-state index in [2.05, 4.69) is 10.2 Å². The fourth-order valence-electron chi connectivity index (χ4n) is 2.53. The van der Waals surface area contributed by atoms with Crippen LogP contribution in [0.5, 0.6) is 0 Å². The number of halogens is 1. The molecular formula is C19H19FN2O2. The van der Waals surface area contributed by atoms with Gasteiger partial charge in [-0.25, -0.2) is 9.18 Å². The molecule has 0 spiro atoms. The van der Waals surface area contributed by atoms with E-state index in [1.807, 2.05) is 32.0 Å². The molecule has 5 heteroatoms. The minimum atomic E-state index is -0.508. The van der Waals surface area contributed by atoms with E-state index in [1.165, 1.54) is 6.07 Å². The van der Waals surface area contributed by atoms with Gasteiger partial charge in [-0.15, -0.1) is 0 Å². The molecule has 3 rings (SSSR count). The number of ether oxygens (including phenoxy) is 1. The van der Waals surface area contributed by atoms with Crippen LogP contribution in [0.3, 0.4) is 0 Å². The Bertz CT molecular complexity index is 900. The first kappa shape index (κ1) is 16.2. The summed E-state index contributed by atoms with van der Waals surface area (Å²) in [5.41, 5.74) is 3.07. The molecule has 3 aromatic rings. The van der Waals surface area contributed by atoms with Gasteiger partial charge in [-0.1, -0.05) is 26.0 Å². The molecule has 24 heavy (non-hydrogen) atoms. The Morgan fingerprint density at radius 3 is 2.83 bits per heavy atom. The summed E-state index contributed by atoms with van der Waals surface area (Å²) in [5, 5.41) is 7.86. The van der Waals surface area contributed by atoms with E-state index in [0.717, 1.165) is 16.5 Å². The number of nitrogens with zero attached hydrogens (tertiary/aromatic N) is 1. The van der Waals surface area contributed by atoms with Crippen LogP contribution in [0.4, 0.5) is 4.39 Å². The van der Waals surface area contributed by atoms with Crippen LogP contribution >= 0.6 is 0 Å². The fourth-order valence-corrected chi connectivity index (χ4v) is 2.53. The molecule has 0 atom stereocenters. The molecule has 1 heterocycles. The van der Waals surface area contributed by atoms with Crippen molar-refractivity contribution in [2.75, 3.05) is 6.61 Å². The first-order valence-electron chi connectivity index (χ1n) is 7.86. The third-order valence-electron chi connectivity index (χ3n) is 3.88. The Labute approximate surface area is 139 Å². The number of rotatable bonds is 4. The van der Waals surface area contributed by atoms with Crippen LogP contribution in [0.2, 0.25) is 0 Å². The smallest absolute Gasteiger partial charge is 0.338 e. The van der Waals surface area contributed by atoms with Gasteiger partial charge in [-0.3, -0.25) is 5.10 Å². The normalized spacial score (nSPS) is 11.2. The number of carbonyl (C=O) groups excluding carboxylic acids is 1. The molecule has 0 amide bonds. The molecule has 0 unspecified atom stereocenters. The summed E-state index contributed by atoms with van der Waals surface area (Å²) in [4.78, 5) is 12.2. The summed E-state index contributed by atoms with van der Waals surface area (Å²) in [6.07, 6.45) is 1.73. The third kappa shape index (κ3) is 3.15. The average molecular weight is 326 g/mol. The minimum Gasteiger partial charge on any atom is -0.462 e. The molecule has 0 bridgehead atoms. The van der Waals surface area contributed by atoms with Crippen LogP contribution in [-0.2, 0) is 4.74 Å². The second kappa shape index (κ2) is 6.43. The molecule has 0 aliphatic heterocycles. The number of benzene rings is 2. The zero-order valence-electron chi connectivity index (χ0n) is 13.9. The number of aromatic amines is 1. The van der Waals surface area contributed by atoms with E-state index in [1.54, 1.807) is 19.2 Å². The lowest BCUT2D eigenvalue weighted by Gasteiger charge is -2.12. The van der Waals surface area contributed by atoms with Crippen molar-refractivity contribution in [1.29, 1.82) is 0 Å². The van der Waals surface area contributed by atoms with Gasteiger partial charge in [0.25, 0.3) is 0 Å². The summed E-state index contributed by atoms with van der Waals surface area (Å²) in [7, 11) is 0. The van der Waals surface area contributed by atoms with Gasteiger partial charge in [-0.2, -0.15) is 5.10 Å². The second-order valence-electron chi connectivity index (χ2n) is 6.29. The Morgan fingerprint density at radius 2 is 2.08 bits per heavy atom. The highest BCUT2D eigenvalue weighted by Crippen LogP contribution is 2.29. The van der Waals surface area contributed by atoms with E-state index in [0.29, 0.717) is 17.7 Å². The monoisotopic (exact) mass is 326 g/mol. The molecule has 4 nitrogen and oxygen atoms in total. The zero-order valence-corrected chi connectivity index (χ0v) is 13.9. The predicted molar refractivity (Wildman–Crippen MR) is 91.3 cm³/mol. The second-order valence-corrected chi connectivity index (χ2v) is 6.29. The van der Waals surface area contributed by atoms with Gasteiger partial charge in [0.05, 0.1) is 23.9 Å². The Balaban J connectivity index is 2.02. The highest BCUT2D eigenvalue weighted by Gasteiger charge is 2.15. The molecule has 1 N–H and O–H groups in total. The molecule has 0 aliphatic rings. The SMILES string of the molecule is Cc1c(F)cc(C(=O)OCC(C)C)cc1-c1ccc2cn[nH]c2c1. The number of carbonyl (C=O) groups is 1. The first-order chi connectivity index (χ1) is 11.5. The molecule has 0 radical (unpaired) electrons. The fraction of sp³-hybridized carbons (Fsp3) is 0.263. The van der Waals surface area contributed by atoms with Crippen molar-refractivity contribution in [3.8, 4) is 11.1 Å². The molecule has 1 aromatic heterocycles. The first-order valence-corrected chi connectivity index (χ1v) is 7.86. The lowest BCUT2D eigenvalue weighted by Crippen LogP contribution is -2.11. The molecule has 0 fully saturated rings. The highest BCUT2D eigenvalue weighted by molar-refractivity contribution is 5.92. The predicted octanol–water partition coefficient (Wildman–Crippen LogP) is 4.49. The third-order valence-corrected chi connectivity index (χ3v) is 3.88. The van der Waals surface area contributed by atoms with E-state index >= 15 is 0 Å². The maximum absolute atomic E-state index is 14.3. The Kier molecular flexibility index (Phi) is 4.34. The maximum atomic E-state index is 14.3.